The van der Waals surface area contributed by atoms with Crippen LogP contribution in [0.4, 0.5) is 0 Å². The summed E-state index contributed by atoms with van der Waals surface area (Å²) in [6.45, 7) is 4.72. The van der Waals surface area contributed by atoms with Crippen molar-refractivity contribution in [3.63, 3.8) is 0 Å². The highest BCUT2D eigenvalue weighted by atomic mass is 16.7. The van der Waals surface area contributed by atoms with Gasteiger partial charge in [0.05, 0.1) is 12.2 Å². The van der Waals surface area contributed by atoms with Gasteiger partial charge in [-0.1, -0.05) is 13.8 Å². The SMILES string of the molecule is CC12CCC(O)CC1CCC1C2CCC2(C)C(OC3OC(C(=O)O)C(O)C(O)C3O)CCC12. The molecule has 0 aromatic heterocycles. The van der Waals surface area contributed by atoms with E-state index in [0.29, 0.717) is 29.1 Å². The van der Waals surface area contributed by atoms with Gasteiger partial charge in [-0.05, 0) is 92.3 Å². The van der Waals surface area contributed by atoms with Crippen LogP contribution in [0.3, 0.4) is 0 Å². The molecule has 1 aliphatic heterocycles. The zero-order valence-electron chi connectivity index (χ0n) is 19.7. The van der Waals surface area contributed by atoms with Crippen LogP contribution in [-0.4, -0.2) is 74.4 Å². The molecule has 5 fully saturated rings. The van der Waals surface area contributed by atoms with Gasteiger partial charge in [0.25, 0.3) is 0 Å². The number of carboxylic acid groups (broad SMARTS) is 1. The molecule has 4 saturated carbocycles. The lowest BCUT2D eigenvalue weighted by molar-refractivity contribution is -0.313. The minimum absolute atomic E-state index is 0.0959. The quantitative estimate of drug-likeness (QED) is 0.422. The number of aliphatic hydroxyl groups excluding tert-OH is 4. The monoisotopic (exact) mass is 468 g/mol. The summed E-state index contributed by atoms with van der Waals surface area (Å²) >= 11 is 0. The van der Waals surface area contributed by atoms with Crippen molar-refractivity contribution in [3.05, 3.63) is 0 Å². The zero-order chi connectivity index (χ0) is 23.7. The van der Waals surface area contributed by atoms with Crippen LogP contribution in [0, 0.1) is 34.5 Å². The fraction of sp³-hybridized carbons (Fsp3) is 0.960. The molecular formula is C25H40O8. The second-order valence-corrected chi connectivity index (χ2v) is 12.1. The van der Waals surface area contributed by atoms with Gasteiger partial charge in [0.1, 0.15) is 18.3 Å². The molecule has 0 spiro atoms. The predicted octanol–water partition coefficient (Wildman–Crippen LogP) is 1.67. The molecule has 5 rings (SSSR count). The van der Waals surface area contributed by atoms with Gasteiger partial charge in [-0.15, -0.1) is 0 Å². The molecule has 13 unspecified atom stereocenters. The number of ether oxygens (including phenoxy) is 2. The lowest BCUT2D eigenvalue weighted by atomic mass is 9.45. The minimum atomic E-state index is -1.70. The van der Waals surface area contributed by atoms with E-state index in [9.17, 15) is 30.3 Å². The van der Waals surface area contributed by atoms with Crippen LogP contribution in [0.15, 0.2) is 0 Å². The third-order valence-corrected chi connectivity index (χ3v) is 10.7. The molecule has 1 saturated heterocycles. The molecule has 8 nitrogen and oxygen atoms in total. The fourth-order valence-electron chi connectivity index (χ4n) is 8.74. The van der Waals surface area contributed by atoms with E-state index in [1.807, 2.05) is 0 Å². The van der Waals surface area contributed by atoms with Gasteiger partial charge in [-0.3, -0.25) is 0 Å². The van der Waals surface area contributed by atoms with Crippen molar-refractivity contribution in [1.82, 2.24) is 0 Å². The van der Waals surface area contributed by atoms with E-state index < -0.39 is 36.7 Å². The molecular weight excluding hydrogens is 428 g/mol. The van der Waals surface area contributed by atoms with E-state index in [1.165, 1.54) is 12.8 Å². The third kappa shape index (κ3) is 3.67. The van der Waals surface area contributed by atoms with Gasteiger partial charge in [0.2, 0.25) is 0 Å². The predicted molar refractivity (Wildman–Crippen MR) is 117 cm³/mol. The van der Waals surface area contributed by atoms with Gasteiger partial charge < -0.3 is 35.0 Å². The number of carbonyl (C=O) groups is 1. The molecule has 0 aromatic rings. The van der Waals surface area contributed by atoms with E-state index in [2.05, 4.69) is 13.8 Å². The number of rotatable bonds is 3. The summed E-state index contributed by atoms with van der Waals surface area (Å²) < 4.78 is 11.6. The molecule has 8 heteroatoms. The Kier molecular flexibility index (Phi) is 6.11. The second-order valence-electron chi connectivity index (χ2n) is 12.1. The first-order valence-corrected chi connectivity index (χ1v) is 12.8. The van der Waals surface area contributed by atoms with Crippen LogP contribution >= 0.6 is 0 Å². The Bertz CT molecular complexity index is 761. The normalized spacial score (nSPS) is 56.5. The molecule has 13 atom stereocenters. The average molecular weight is 469 g/mol. The molecule has 1 heterocycles. The number of fused-ring (bicyclic) bond motifs is 5. The van der Waals surface area contributed by atoms with Crippen LogP contribution in [0.1, 0.15) is 71.6 Å². The third-order valence-electron chi connectivity index (χ3n) is 10.7. The maximum absolute atomic E-state index is 11.5. The molecule has 0 radical (unpaired) electrons. The van der Waals surface area contributed by atoms with E-state index >= 15 is 0 Å². The van der Waals surface area contributed by atoms with Crippen LogP contribution in [0.25, 0.3) is 0 Å². The average Bonchev–Trinajstić information content (AvgIpc) is 3.10. The maximum Gasteiger partial charge on any atom is 0.335 e. The summed E-state index contributed by atoms with van der Waals surface area (Å²) in [5.74, 6) is 0.987. The highest BCUT2D eigenvalue weighted by Crippen LogP contribution is 2.66. The van der Waals surface area contributed by atoms with Crippen LogP contribution in [0.2, 0.25) is 0 Å². The lowest BCUT2D eigenvalue weighted by Crippen LogP contribution is -2.61. The number of carboxylic acids is 1. The summed E-state index contributed by atoms with van der Waals surface area (Å²) in [5, 5.41) is 50.2. The largest absolute Gasteiger partial charge is 0.479 e. The van der Waals surface area contributed by atoms with Crippen LogP contribution in [0.5, 0.6) is 0 Å². The van der Waals surface area contributed by atoms with Gasteiger partial charge in [-0.25, -0.2) is 4.79 Å². The van der Waals surface area contributed by atoms with Crippen LogP contribution < -0.4 is 0 Å². The Morgan fingerprint density at radius 1 is 0.848 bits per heavy atom. The maximum atomic E-state index is 11.5. The first-order valence-electron chi connectivity index (χ1n) is 12.8. The first-order chi connectivity index (χ1) is 15.6. The lowest BCUT2D eigenvalue weighted by Gasteiger charge is -2.61. The van der Waals surface area contributed by atoms with Gasteiger partial charge in [0, 0.05) is 0 Å². The molecule has 4 aliphatic carbocycles. The highest BCUT2D eigenvalue weighted by molar-refractivity contribution is 5.73. The summed E-state index contributed by atoms with van der Waals surface area (Å²) in [5.41, 5.74) is 0.196. The van der Waals surface area contributed by atoms with Crippen molar-refractivity contribution in [2.24, 2.45) is 34.5 Å². The number of hydrogen-bond donors (Lipinski definition) is 5. The van der Waals surface area contributed by atoms with E-state index in [-0.39, 0.29) is 17.6 Å². The number of aliphatic carboxylic acids is 1. The Morgan fingerprint density at radius 3 is 2.27 bits per heavy atom. The molecule has 33 heavy (non-hydrogen) atoms. The van der Waals surface area contributed by atoms with Crippen molar-refractivity contribution >= 4 is 5.97 Å². The minimum Gasteiger partial charge on any atom is -0.479 e. The first kappa shape index (κ1) is 23.9. The van der Waals surface area contributed by atoms with E-state index in [4.69, 9.17) is 9.47 Å². The van der Waals surface area contributed by atoms with Crippen molar-refractivity contribution in [2.75, 3.05) is 0 Å². The molecule has 0 amide bonds. The standard InChI is InChI=1S/C25H40O8/c1-24-9-7-13(26)11-12(24)3-4-14-15-5-6-17(25(15,2)10-8-16(14)24)32-23-20(29)18(27)19(28)21(33-23)22(30)31/h12-21,23,26-29H,3-11H2,1-2H3,(H,30,31). The van der Waals surface area contributed by atoms with E-state index in [1.54, 1.807) is 0 Å². The second kappa shape index (κ2) is 8.42. The zero-order valence-corrected chi connectivity index (χ0v) is 19.7. The summed E-state index contributed by atoms with van der Waals surface area (Å²) in [6.07, 6.45) is 1.15. The fourth-order valence-corrected chi connectivity index (χ4v) is 8.74. The smallest absolute Gasteiger partial charge is 0.335 e. The molecule has 5 aliphatic rings. The van der Waals surface area contributed by atoms with Gasteiger partial charge in [-0.2, -0.15) is 0 Å². The molecule has 5 N–H and O–H groups in total. The summed E-state index contributed by atoms with van der Waals surface area (Å²) in [7, 11) is 0. The Hall–Kier alpha value is -0.770. The Balaban J connectivity index is 1.32. The number of hydrogen-bond acceptors (Lipinski definition) is 7. The Labute approximate surface area is 195 Å². The van der Waals surface area contributed by atoms with Crippen molar-refractivity contribution in [1.29, 1.82) is 0 Å². The topological polar surface area (TPSA) is 137 Å². The summed E-state index contributed by atoms with van der Waals surface area (Å²) in [4.78, 5) is 11.5. The van der Waals surface area contributed by atoms with Crippen molar-refractivity contribution < 1.29 is 39.8 Å². The van der Waals surface area contributed by atoms with Gasteiger partial charge >= 0.3 is 5.97 Å². The highest BCUT2D eigenvalue weighted by Gasteiger charge is 2.61. The van der Waals surface area contributed by atoms with Crippen LogP contribution in [-0.2, 0) is 14.3 Å². The summed E-state index contributed by atoms with van der Waals surface area (Å²) in [6, 6.07) is 0. The van der Waals surface area contributed by atoms with Crippen molar-refractivity contribution in [3.8, 4) is 0 Å². The molecule has 188 valence electrons. The Morgan fingerprint density at radius 2 is 1.55 bits per heavy atom. The number of aliphatic hydroxyl groups is 4. The molecule has 0 bridgehead atoms. The van der Waals surface area contributed by atoms with E-state index in [0.717, 1.165) is 44.9 Å². The van der Waals surface area contributed by atoms with Crippen molar-refractivity contribution in [2.45, 2.75) is 115 Å². The molecule has 0 aromatic carbocycles. The van der Waals surface area contributed by atoms with Gasteiger partial charge in [0.15, 0.2) is 12.4 Å².